The van der Waals surface area contributed by atoms with Crippen molar-refractivity contribution in [2.75, 3.05) is 6.54 Å². The van der Waals surface area contributed by atoms with Crippen LogP contribution < -0.4 is 10.1 Å². The zero-order valence-electron chi connectivity index (χ0n) is 11.8. The summed E-state index contributed by atoms with van der Waals surface area (Å²) >= 11 is 0. The molecule has 0 aliphatic heterocycles. The van der Waals surface area contributed by atoms with Crippen LogP contribution in [0.4, 0.5) is 4.39 Å². The fourth-order valence-corrected chi connectivity index (χ4v) is 1.84. The summed E-state index contributed by atoms with van der Waals surface area (Å²) in [6, 6.07) is 9.82. The molecule has 0 spiro atoms. The molecule has 1 amide bonds. The largest absolute Gasteiger partial charge is 0.486 e. The van der Waals surface area contributed by atoms with Crippen LogP contribution in [0.15, 0.2) is 47.1 Å². The maximum Gasteiger partial charge on any atom is 0.220 e. The summed E-state index contributed by atoms with van der Waals surface area (Å²) in [6.45, 7) is 2.10. The fraction of sp³-hybridized carbons (Fsp3) is 0.312. The lowest BCUT2D eigenvalue weighted by Crippen LogP contribution is -2.33. The first-order valence-electron chi connectivity index (χ1n) is 6.85. The number of halogens is 1. The average molecular weight is 291 g/mol. The minimum absolute atomic E-state index is 0.0876. The van der Waals surface area contributed by atoms with Gasteiger partial charge in [0.25, 0.3) is 0 Å². The van der Waals surface area contributed by atoms with E-state index in [1.807, 2.05) is 6.07 Å². The molecule has 1 N–H and O–H groups in total. The van der Waals surface area contributed by atoms with Gasteiger partial charge in [-0.1, -0.05) is 12.1 Å². The third-order valence-corrected chi connectivity index (χ3v) is 2.93. The minimum atomic E-state index is -0.409. The molecule has 0 bridgehead atoms. The van der Waals surface area contributed by atoms with Gasteiger partial charge in [-0.3, -0.25) is 4.79 Å². The van der Waals surface area contributed by atoms with Gasteiger partial charge in [-0.2, -0.15) is 0 Å². The van der Waals surface area contributed by atoms with Crippen molar-refractivity contribution in [3.8, 4) is 5.75 Å². The first-order chi connectivity index (χ1) is 10.1. The van der Waals surface area contributed by atoms with Gasteiger partial charge >= 0.3 is 0 Å². The van der Waals surface area contributed by atoms with Gasteiger partial charge in [0.2, 0.25) is 5.91 Å². The van der Waals surface area contributed by atoms with Crippen molar-refractivity contribution >= 4 is 5.91 Å². The molecule has 1 atom stereocenters. The fourth-order valence-electron chi connectivity index (χ4n) is 1.84. The predicted octanol–water partition coefficient (Wildman–Crippen LogP) is 2.94. The van der Waals surface area contributed by atoms with E-state index >= 15 is 0 Å². The number of carbonyl (C=O) groups excluding carboxylic acids is 1. The van der Waals surface area contributed by atoms with Crippen LogP contribution in [0.1, 0.15) is 19.1 Å². The second-order valence-corrected chi connectivity index (χ2v) is 4.74. The molecule has 5 heteroatoms. The Hall–Kier alpha value is -2.30. The minimum Gasteiger partial charge on any atom is -0.486 e. The summed E-state index contributed by atoms with van der Waals surface area (Å²) in [4.78, 5) is 11.7. The molecule has 1 aromatic heterocycles. The van der Waals surface area contributed by atoms with E-state index in [4.69, 9.17) is 9.15 Å². The Morgan fingerprint density at radius 3 is 2.86 bits per heavy atom. The van der Waals surface area contributed by atoms with Crippen LogP contribution in [0.2, 0.25) is 0 Å². The molecule has 4 nitrogen and oxygen atoms in total. The van der Waals surface area contributed by atoms with Crippen LogP contribution in [0.5, 0.6) is 5.75 Å². The van der Waals surface area contributed by atoms with Crippen LogP contribution in [0.25, 0.3) is 0 Å². The molecule has 112 valence electrons. The van der Waals surface area contributed by atoms with E-state index in [1.165, 1.54) is 6.07 Å². The SMILES string of the molecule is CC(CNC(=O)CCc1ccco1)Oc1ccccc1F. The highest BCUT2D eigenvalue weighted by Gasteiger charge is 2.10. The number of rotatable bonds is 7. The van der Waals surface area contributed by atoms with Crippen LogP contribution >= 0.6 is 0 Å². The molecule has 0 saturated carbocycles. The number of ether oxygens (including phenoxy) is 1. The average Bonchev–Trinajstić information content (AvgIpc) is 2.99. The van der Waals surface area contributed by atoms with E-state index in [9.17, 15) is 9.18 Å². The number of hydrogen-bond acceptors (Lipinski definition) is 3. The first kappa shape index (κ1) is 15.1. The summed E-state index contributed by atoms with van der Waals surface area (Å²) in [5.74, 6) is 0.472. The lowest BCUT2D eigenvalue weighted by Gasteiger charge is -2.15. The van der Waals surface area contributed by atoms with Crippen molar-refractivity contribution in [2.24, 2.45) is 0 Å². The maximum absolute atomic E-state index is 13.4. The predicted molar refractivity (Wildman–Crippen MR) is 76.5 cm³/mol. The molecule has 21 heavy (non-hydrogen) atoms. The van der Waals surface area contributed by atoms with Crippen molar-refractivity contribution in [3.05, 3.63) is 54.2 Å². The van der Waals surface area contributed by atoms with Crippen LogP contribution in [0.3, 0.4) is 0 Å². The van der Waals surface area contributed by atoms with E-state index in [-0.39, 0.29) is 17.8 Å². The molecular formula is C16H18FNO3. The Labute approximate surface area is 122 Å². The normalized spacial score (nSPS) is 11.9. The second kappa shape index (κ2) is 7.47. The standard InChI is InChI=1S/C16H18FNO3/c1-12(21-15-7-3-2-6-14(15)17)11-18-16(19)9-8-13-5-4-10-20-13/h2-7,10,12H,8-9,11H2,1H3,(H,18,19). The van der Waals surface area contributed by atoms with Gasteiger partial charge in [0.1, 0.15) is 11.9 Å². The summed E-state index contributed by atoms with van der Waals surface area (Å²) in [7, 11) is 0. The Kier molecular flexibility index (Phi) is 5.37. The number of aryl methyl sites for hydroxylation is 1. The molecule has 0 saturated heterocycles. The zero-order valence-corrected chi connectivity index (χ0v) is 11.8. The summed E-state index contributed by atoms with van der Waals surface area (Å²) in [5, 5.41) is 2.76. The van der Waals surface area contributed by atoms with Crippen molar-refractivity contribution < 1.29 is 18.3 Å². The van der Waals surface area contributed by atoms with Crippen LogP contribution in [-0.2, 0) is 11.2 Å². The van der Waals surface area contributed by atoms with Gasteiger partial charge in [0.05, 0.1) is 12.8 Å². The zero-order chi connectivity index (χ0) is 15.1. The van der Waals surface area contributed by atoms with Gasteiger partial charge < -0.3 is 14.5 Å². The molecule has 2 rings (SSSR count). The van der Waals surface area contributed by atoms with E-state index < -0.39 is 5.82 Å². The number of amides is 1. The number of hydrogen-bond donors (Lipinski definition) is 1. The smallest absolute Gasteiger partial charge is 0.220 e. The van der Waals surface area contributed by atoms with E-state index in [0.717, 1.165) is 5.76 Å². The molecule has 1 heterocycles. The van der Waals surface area contributed by atoms with E-state index in [1.54, 1.807) is 37.5 Å². The van der Waals surface area contributed by atoms with Gasteiger partial charge in [-0.05, 0) is 31.2 Å². The second-order valence-electron chi connectivity index (χ2n) is 4.74. The Morgan fingerprint density at radius 2 is 2.14 bits per heavy atom. The summed E-state index contributed by atoms with van der Waals surface area (Å²) in [5.41, 5.74) is 0. The summed E-state index contributed by atoms with van der Waals surface area (Å²) in [6.07, 6.45) is 2.17. The Bertz CT molecular complexity index is 569. The number of para-hydroxylation sites is 1. The number of nitrogens with one attached hydrogen (secondary N) is 1. The molecule has 1 aromatic carbocycles. The molecule has 0 aliphatic rings. The molecular weight excluding hydrogens is 273 g/mol. The molecule has 1 unspecified atom stereocenters. The lowest BCUT2D eigenvalue weighted by molar-refractivity contribution is -0.121. The topological polar surface area (TPSA) is 51.5 Å². The van der Waals surface area contributed by atoms with Crippen molar-refractivity contribution in [1.82, 2.24) is 5.32 Å². The lowest BCUT2D eigenvalue weighted by atomic mass is 10.2. The van der Waals surface area contributed by atoms with Gasteiger partial charge in [-0.25, -0.2) is 4.39 Å². The van der Waals surface area contributed by atoms with E-state index in [0.29, 0.717) is 19.4 Å². The third kappa shape index (κ3) is 4.95. The maximum atomic E-state index is 13.4. The number of furan rings is 1. The van der Waals surface area contributed by atoms with Gasteiger partial charge in [-0.15, -0.1) is 0 Å². The highest BCUT2D eigenvalue weighted by atomic mass is 19.1. The van der Waals surface area contributed by atoms with E-state index in [2.05, 4.69) is 5.32 Å². The molecule has 0 aliphatic carbocycles. The van der Waals surface area contributed by atoms with Gasteiger partial charge in [0, 0.05) is 12.8 Å². The molecule has 0 fully saturated rings. The van der Waals surface area contributed by atoms with Crippen molar-refractivity contribution in [3.63, 3.8) is 0 Å². The monoisotopic (exact) mass is 291 g/mol. The Balaban J connectivity index is 1.70. The van der Waals surface area contributed by atoms with Crippen LogP contribution in [0, 0.1) is 5.82 Å². The number of benzene rings is 1. The summed E-state index contributed by atoms with van der Waals surface area (Å²) < 4.78 is 24.0. The van der Waals surface area contributed by atoms with Crippen LogP contribution in [-0.4, -0.2) is 18.6 Å². The number of carbonyl (C=O) groups is 1. The highest BCUT2D eigenvalue weighted by Crippen LogP contribution is 2.16. The Morgan fingerprint density at radius 1 is 1.33 bits per heavy atom. The quantitative estimate of drug-likeness (QED) is 0.853. The van der Waals surface area contributed by atoms with Crippen molar-refractivity contribution in [2.45, 2.75) is 25.9 Å². The molecule has 2 aromatic rings. The first-order valence-corrected chi connectivity index (χ1v) is 6.85. The molecule has 0 radical (unpaired) electrons. The van der Waals surface area contributed by atoms with Gasteiger partial charge in [0.15, 0.2) is 11.6 Å². The third-order valence-electron chi connectivity index (χ3n) is 2.93. The highest BCUT2D eigenvalue weighted by molar-refractivity contribution is 5.76. The van der Waals surface area contributed by atoms with Crippen molar-refractivity contribution in [1.29, 1.82) is 0 Å².